The van der Waals surface area contributed by atoms with Gasteiger partial charge in [0.05, 0.1) is 11.3 Å². The second kappa shape index (κ2) is 8.28. The molecule has 0 fully saturated rings. The summed E-state index contributed by atoms with van der Waals surface area (Å²) in [5, 5.41) is 10.6. The molecule has 3 heterocycles. The molecular formula is C26H24N4OS. The molecule has 0 N–H and O–H groups in total. The van der Waals surface area contributed by atoms with Crippen LogP contribution < -0.4 is 0 Å². The molecule has 0 aliphatic rings. The average molecular weight is 441 g/mol. The van der Waals surface area contributed by atoms with Gasteiger partial charge in [-0.3, -0.25) is 9.20 Å². The zero-order valence-electron chi connectivity index (χ0n) is 18.4. The van der Waals surface area contributed by atoms with E-state index in [1.54, 1.807) is 0 Å². The zero-order valence-corrected chi connectivity index (χ0v) is 19.2. The van der Waals surface area contributed by atoms with E-state index in [-0.39, 0.29) is 5.78 Å². The lowest BCUT2D eigenvalue weighted by Gasteiger charge is -2.10. The average Bonchev–Trinajstić information content (AvgIpc) is 3.34. The van der Waals surface area contributed by atoms with E-state index in [2.05, 4.69) is 52.9 Å². The third kappa shape index (κ3) is 3.60. The highest BCUT2D eigenvalue weighted by Crippen LogP contribution is 2.27. The summed E-state index contributed by atoms with van der Waals surface area (Å²) in [6, 6.07) is 22.6. The fraction of sp³-hybridized carbons (Fsp3) is 0.192. The Kier molecular flexibility index (Phi) is 5.31. The number of Topliss-reactive ketones (excluding diaryl/α,β-unsaturated/α-hetero) is 1. The summed E-state index contributed by atoms with van der Waals surface area (Å²) in [7, 11) is 0. The van der Waals surface area contributed by atoms with Crippen LogP contribution in [-0.2, 0) is 6.54 Å². The first-order chi connectivity index (χ1) is 15.5. The van der Waals surface area contributed by atoms with Crippen LogP contribution in [0.15, 0.2) is 71.9 Å². The Morgan fingerprint density at radius 1 is 0.938 bits per heavy atom. The van der Waals surface area contributed by atoms with Crippen molar-refractivity contribution in [2.45, 2.75) is 32.5 Å². The highest BCUT2D eigenvalue weighted by atomic mass is 32.2. The van der Waals surface area contributed by atoms with E-state index in [1.165, 1.54) is 22.9 Å². The molecule has 0 atom stereocenters. The third-order valence-electron chi connectivity index (χ3n) is 5.96. The number of ketones is 1. The van der Waals surface area contributed by atoms with E-state index in [0.717, 1.165) is 45.2 Å². The van der Waals surface area contributed by atoms with Crippen LogP contribution in [0.2, 0.25) is 0 Å². The van der Waals surface area contributed by atoms with Gasteiger partial charge in [0.1, 0.15) is 0 Å². The van der Waals surface area contributed by atoms with Gasteiger partial charge >= 0.3 is 0 Å². The third-order valence-corrected chi connectivity index (χ3v) is 6.89. The lowest BCUT2D eigenvalue weighted by Crippen LogP contribution is -2.08. The maximum absolute atomic E-state index is 13.1. The molecular weight excluding hydrogens is 416 g/mol. The van der Waals surface area contributed by atoms with Crippen molar-refractivity contribution in [1.29, 1.82) is 0 Å². The highest BCUT2D eigenvalue weighted by Gasteiger charge is 2.18. The number of hydrogen-bond acceptors (Lipinski definition) is 4. The van der Waals surface area contributed by atoms with Gasteiger partial charge in [0.15, 0.2) is 16.6 Å². The van der Waals surface area contributed by atoms with Gasteiger partial charge in [-0.1, -0.05) is 60.3 Å². The molecule has 5 rings (SSSR count). The van der Waals surface area contributed by atoms with Crippen molar-refractivity contribution in [3.8, 4) is 0 Å². The summed E-state index contributed by atoms with van der Waals surface area (Å²) in [4.78, 5) is 13.1. The molecule has 0 amide bonds. The molecule has 5 aromatic rings. The number of carbonyl (C=O) groups excluding carboxylic acids is 1. The quantitative estimate of drug-likeness (QED) is 0.254. The first kappa shape index (κ1) is 20.5. The lowest BCUT2D eigenvalue weighted by molar-refractivity contribution is 0.102. The SMILES string of the molecule is Cc1cc2nnc(SCC(=O)c3cc(C)n(Cc4ccccc4)c3C)n2c2ccccc12. The fourth-order valence-electron chi connectivity index (χ4n) is 4.27. The lowest BCUT2D eigenvalue weighted by atomic mass is 10.1. The number of benzene rings is 2. The normalized spacial score (nSPS) is 11.5. The van der Waals surface area contributed by atoms with Crippen LogP contribution in [0.5, 0.6) is 0 Å². The maximum Gasteiger partial charge on any atom is 0.196 e. The molecule has 5 nitrogen and oxygen atoms in total. The Labute approximate surface area is 191 Å². The summed E-state index contributed by atoms with van der Waals surface area (Å²) in [5.74, 6) is 0.425. The Morgan fingerprint density at radius 2 is 1.69 bits per heavy atom. The van der Waals surface area contributed by atoms with Gasteiger partial charge in [0, 0.05) is 28.9 Å². The predicted octanol–water partition coefficient (Wildman–Crippen LogP) is 5.63. The number of thioether (sulfide) groups is 1. The summed E-state index contributed by atoms with van der Waals surface area (Å²) < 4.78 is 4.24. The van der Waals surface area contributed by atoms with Gasteiger partial charge in [0.2, 0.25) is 0 Å². The topological polar surface area (TPSA) is 52.2 Å². The smallest absolute Gasteiger partial charge is 0.196 e. The van der Waals surface area contributed by atoms with Crippen molar-refractivity contribution < 1.29 is 4.79 Å². The zero-order chi connectivity index (χ0) is 22.2. The largest absolute Gasteiger partial charge is 0.344 e. The number of aromatic nitrogens is 4. The van der Waals surface area contributed by atoms with Crippen molar-refractivity contribution in [1.82, 2.24) is 19.2 Å². The molecule has 0 saturated carbocycles. The van der Waals surface area contributed by atoms with Crippen molar-refractivity contribution in [3.05, 3.63) is 94.8 Å². The van der Waals surface area contributed by atoms with Crippen molar-refractivity contribution in [2.24, 2.45) is 0 Å². The standard InChI is InChI=1S/C26H24N4OS/c1-17-13-25-27-28-26(30(25)23-12-8-7-11-21(17)23)32-16-24(31)22-14-18(2)29(19(22)3)15-20-9-5-4-6-10-20/h4-14H,15-16H2,1-3H3. The molecule has 32 heavy (non-hydrogen) atoms. The molecule has 3 aromatic heterocycles. The van der Waals surface area contributed by atoms with E-state index >= 15 is 0 Å². The fourth-order valence-corrected chi connectivity index (χ4v) is 5.10. The van der Waals surface area contributed by atoms with Gasteiger partial charge in [-0.15, -0.1) is 10.2 Å². The number of rotatable bonds is 6. The van der Waals surface area contributed by atoms with Crippen LogP contribution >= 0.6 is 11.8 Å². The van der Waals surface area contributed by atoms with Crippen LogP contribution in [0, 0.1) is 20.8 Å². The number of hydrogen-bond donors (Lipinski definition) is 0. The molecule has 0 unspecified atom stereocenters. The predicted molar refractivity (Wildman–Crippen MR) is 130 cm³/mol. The minimum atomic E-state index is 0.107. The van der Waals surface area contributed by atoms with Gasteiger partial charge < -0.3 is 4.57 Å². The first-order valence-electron chi connectivity index (χ1n) is 10.6. The molecule has 2 aromatic carbocycles. The van der Waals surface area contributed by atoms with Gasteiger partial charge in [-0.25, -0.2) is 0 Å². The van der Waals surface area contributed by atoms with Gasteiger partial charge in [0.25, 0.3) is 0 Å². The molecule has 0 saturated heterocycles. The van der Waals surface area contributed by atoms with E-state index in [0.29, 0.717) is 5.75 Å². The Bertz CT molecular complexity index is 1450. The molecule has 0 bridgehead atoms. The van der Waals surface area contributed by atoms with Gasteiger partial charge in [-0.05, 0) is 50.1 Å². The van der Waals surface area contributed by atoms with Crippen molar-refractivity contribution in [3.63, 3.8) is 0 Å². The van der Waals surface area contributed by atoms with Crippen LogP contribution in [-0.4, -0.2) is 30.7 Å². The van der Waals surface area contributed by atoms with Crippen molar-refractivity contribution in [2.75, 3.05) is 5.75 Å². The van der Waals surface area contributed by atoms with Crippen LogP contribution in [0.4, 0.5) is 0 Å². The summed E-state index contributed by atoms with van der Waals surface area (Å²) >= 11 is 1.44. The summed E-state index contributed by atoms with van der Waals surface area (Å²) in [6.45, 7) is 6.93. The number of nitrogens with zero attached hydrogens (tertiary/aromatic N) is 4. The summed E-state index contributed by atoms with van der Waals surface area (Å²) in [6.07, 6.45) is 0. The second-order valence-corrected chi connectivity index (χ2v) is 9.03. The van der Waals surface area contributed by atoms with Gasteiger partial charge in [-0.2, -0.15) is 0 Å². The maximum atomic E-state index is 13.1. The van der Waals surface area contributed by atoms with Crippen LogP contribution in [0.1, 0.15) is 32.9 Å². The minimum Gasteiger partial charge on any atom is -0.344 e. The van der Waals surface area contributed by atoms with E-state index < -0.39 is 0 Å². The van der Waals surface area contributed by atoms with E-state index in [9.17, 15) is 4.79 Å². The minimum absolute atomic E-state index is 0.107. The number of fused-ring (bicyclic) bond motifs is 3. The number of para-hydroxylation sites is 1. The number of pyridine rings is 1. The van der Waals surface area contributed by atoms with E-state index in [1.807, 2.05) is 53.8 Å². The van der Waals surface area contributed by atoms with Crippen LogP contribution in [0.3, 0.4) is 0 Å². The molecule has 0 aliphatic heterocycles. The van der Waals surface area contributed by atoms with Crippen LogP contribution in [0.25, 0.3) is 16.6 Å². The summed E-state index contributed by atoms with van der Waals surface area (Å²) in [5.41, 5.74) is 7.12. The Balaban J connectivity index is 1.41. The second-order valence-electron chi connectivity index (χ2n) is 8.09. The molecule has 0 radical (unpaired) electrons. The van der Waals surface area contributed by atoms with E-state index in [4.69, 9.17) is 0 Å². The number of carbonyl (C=O) groups is 1. The first-order valence-corrected chi connectivity index (χ1v) is 11.6. The molecule has 0 aliphatic carbocycles. The highest BCUT2D eigenvalue weighted by molar-refractivity contribution is 7.99. The number of aryl methyl sites for hydroxylation is 2. The Hall–Kier alpha value is -3.38. The molecule has 6 heteroatoms. The molecule has 160 valence electrons. The Morgan fingerprint density at radius 3 is 2.50 bits per heavy atom. The monoisotopic (exact) mass is 440 g/mol. The molecule has 0 spiro atoms. The van der Waals surface area contributed by atoms with Crippen molar-refractivity contribution >= 4 is 34.1 Å².